The first-order chi connectivity index (χ1) is 31.7. The Hall–Kier alpha value is -4.31. The van der Waals surface area contributed by atoms with Gasteiger partial charge in [0, 0.05) is 55.3 Å². The lowest BCUT2D eigenvalue weighted by Gasteiger charge is -2.44. The van der Waals surface area contributed by atoms with E-state index >= 15 is 0 Å². The van der Waals surface area contributed by atoms with E-state index in [-0.39, 0.29) is 61.4 Å². The van der Waals surface area contributed by atoms with E-state index in [0.29, 0.717) is 48.8 Å². The van der Waals surface area contributed by atoms with Crippen molar-refractivity contribution >= 4 is 70.5 Å². The highest BCUT2D eigenvalue weighted by Crippen LogP contribution is 2.36. The fraction of sp³-hybridized carbons (Fsp3) is 0.674. The first kappa shape index (κ1) is 55.3. The Morgan fingerprint density at radius 2 is 1.60 bits per heavy atom. The zero-order valence-corrected chi connectivity index (χ0v) is 41.0. The van der Waals surface area contributed by atoms with E-state index in [9.17, 15) is 48.9 Å². The molecule has 21 heteroatoms. The second-order valence-electron chi connectivity index (χ2n) is 18.6. The van der Waals surface area contributed by atoms with E-state index < -0.39 is 77.2 Å². The number of carbonyl (C=O) groups excluding carboxylic acids is 7. The number of benzene rings is 1. The lowest BCUT2D eigenvalue weighted by molar-refractivity contribution is -0.926. The second kappa shape index (κ2) is 25.9. The first-order valence-corrected chi connectivity index (χ1v) is 25.0. The Kier molecular flexibility index (Phi) is 21.4. The lowest BCUT2D eigenvalue weighted by Crippen LogP contribution is -2.66. The average molecular weight is 981 g/mol. The molecular formula is C46H72ClN8O11S+. The number of rotatable bonds is 25. The third-order valence-corrected chi connectivity index (χ3v) is 13.9. The molecule has 12 atom stereocenters. The number of aliphatic hydroxyl groups is 3. The topological polar surface area (TPSA) is 279 Å². The van der Waals surface area contributed by atoms with Gasteiger partial charge in [-0.3, -0.25) is 33.7 Å². The van der Waals surface area contributed by atoms with Crippen molar-refractivity contribution in [3.8, 4) is 0 Å². The second-order valence-corrected chi connectivity index (χ2v) is 20.2. The molecule has 67 heavy (non-hydrogen) atoms. The van der Waals surface area contributed by atoms with Crippen molar-refractivity contribution in [3.05, 3.63) is 42.0 Å². The molecule has 2 fully saturated rings. The molecule has 1 aromatic rings. The van der Waals surface area contributed by atoms with Gasteiger partial charge in [0.05, 0.1) is 25.0 Å². The number of amides is 8. The lowest BCUT2D eigenvalue weighted by atomic mass is 9.92. The van der Waals surface area contributed by atoms with Crippen LogP contribution in [0.5, 0.6) is 0 Å². The fourth-order valence-electron chi connectivity index (χ4n) is 9.18. The van der Waals surface area contributed by atoms with Crippen molar-refractivity contribution in [1.82, 2.24) is 26.2 Å². The van der Waals surface area contributed by atoms with E-state index in [2.05, 4.69) is 33.5 Å². The fourth-order valence-corrected chi connectivity index (χ4v) is 10.1. The third-order valence-electron chi connectivity index (χ3n) is 12.8. The molecule has 0 aliphatic carbocycles. The molecule has 1 aromatic carbocycles. The van der Waals surface area contributed by atoms with E-state index in [1.54, 1.807) is 39.2 Å². The van der Waals surface area contributed by atoms with Crippen molar-refractivity contribution in [2.45, 2.75) is 151 Å². The summed E-state index contributed by atoms with van der Waals surface area (Å²) in [5.74, 6) is -2.48. The Morgan fingerprint density at radius 1 is 0.925 bits per heavy atom. The zero-order valence-electron chi connectivity index (χ0n) is 39.5. The van der Waals surface area contributed by atoms with Gasteiger partial charge >= 0.3 is 6.03 Å². The van der Waals surface area contributed by atoms with Crippen molar-refractivity contribution < 1.29 is 58.1 Å². The number of unbranched alkanes of at least 4 members (excludes halogenated alkanes) is 2. The van der Waals surface area contributed by atoms with Gasteiger partial charge in [-0.05, 0) is 63.3 Å². The minimum absolute atomic E-state index is 0.117. The summed E-state index contributed by atoms with van der Waals surface area (Å²) in [6.07, 6.45) is 3.42. The number of likely N-dealkylation sites (N-methyl/N-ethyl adjacent to an activating group) is 1. The molecule has 3 aliphatic rings. The van der Waals surface area contributed by atoms with Crippen molar-refractivity contribution in [3.63, 3.8) is 0 Å². The maximum Gasteiger partial charge on any atom is 0.312 e. The standard InChI is InChI=1S/C46H71ClN8O11S/c1-7-12-29-23-32(43(63)53-37(27(4)47)41-39(60)38(59)40(61)45(66-41)67-6)55(5,25-29)24-28-15-17-30(18-16-28)50-42(62)31(13-11-21-49-46(48)65)51-44(64)36(26(2)3)52-33(56)14-9-8-10-22-54-34(57)19-20-35(54)58/h15-20,26-27,29,31-32,36-41,45,59-61H,7-14,21-25H2,1-6H3,(H6-,48,49,50,51,52,53,56,62,63,64,65)/p+1/t27-,29+,31-,32-,36-,37+,38-,39+,40+,41+,45+,55?/m0/s1. The molecule has 0 bridgehead atoms. The normalized spacial score (nSPS) is 26.7. The van der Waals surface area contributed by atoms with Crippen LogP contribution < -0.4 is 32.3 Å². The molecule has 10 N–H and O–H groups in total. The summed E-state index contributed by atoms with van der Waals surface area (Å²) in [6, 6.07) is 3.12. The highest BCUT2D eigenvalue weighted by molar-refractivity contribution is 7.99. The molecule has 0 saturated carbocycles. The summed E-state index contributed by atoms with van der Waals surface area (Å²) in [7, 11) is 2.03. The maximum atomic E-state index is 14.3. The molecule has 8 amide bonds. The van der Waals surface area contributed by atoms with Crippen LogP contribution in [0.2, 0.25) is 0 Å². The SMILES string of the molecule is CCC[C@@H]1C[C@@H](C(=O)N[C@@H]([C@H]2O[C@H](SC)[C@H](O)[C@@H](O)[C@H]2O)[C@H](C)Cl)[N+](C)(Cc2ccc(NC(=O)[C@H](CCCNC(N)=O)NC(=O)[C@@H](NC(=O)CCCCCN3C(=O)C=CC3=O)C(C)C)cc2)C1. The van der Waals surface area contributed by atoms with Crippen molar-refractivity contribution in [1.29, 1.82) is 0 Å². The van der Waals surface area contributed by atoms with Gasteiger partial charge in [0.2, 0.25) is 17.7 Å². The number of ether oxygens (including phenoxy) is 1. The predicted octanol–water partition coefficient (Wildman–Crippen LogP) is 1.60. The number of thioether (sulfide) groups is 1. The first-order valence-electron chi connectivity index (χ1n) is 23.3. The summed E-state index contributed by atoms with van der Waals surface area (Å²) < 4.78 is 6.37. The van der Waals surface area contributed by atoms with Gasteiger partial charge in [-0.2, -0.15) is 0 Å². The van der Waals surface area contributed by atoms with E-state index in [1.165, 1.54) is 23.9 Å². The number of carbonyl (C=O) groups is 7. The number of nitrogens with zero attached hydrogens (tertiary/aromatic N) is 2. The molecule has 374 valence electrons. The van der Waals surface area contributed by atoms with Crippen molar-refractivity contribution in [2.75, 3.05) is 38.3 Å². The van der Waals surface area contributed by atoms with Gasteiger partial charge in [-0.25, -0.2) is 4.79 Å². The van der Waals surface area contributed by atoms with Gasteiger partial charge in [-0.1, -0.05) is 45.7 Å². The number of primary amides is 1. The summed E-state index contributed by atoms with van der Waals surface area (Å²) >= 11 is 7.79. The maximum absolute atomic E-state index is 14.3. The number of urea groups is 1. The molecular weight excluding hydrogens is 908 g/mol. The minimum Gasteiger partial charge on any atom is -0.388 e. The van der Waals surface area contributed by atoms with E-state index in [0.717, 1.165) is 29.8 Å². The van der Waals surface area contributed by atoms with Crippen LogP contribution in [0.25, 0.3) is 0 Å². The Balaban J connectivity index is 1.40. The Labute approximate surface area is 402 Å². The number of imide groups is 1. The number of aliphatic hydroxyl groups excluding tert-OH is 3. The molecule has 19 nitrogen and oxygen atoms in total. The average Bonchev–Trinajstić information content (AvgIpc) is 3.77. The number of nitrogens with one attached hydrogen (secondary N) is 5. The Bertz CT molecular complexity index is 1890. The van der Waals surface area contributed by atoms with Gasteiger partial charge in [0.25, 0.3) is 17.7 Å². The predicted molar refractivity (Wildman–Crippen MR) is 254 cm³/mol. The number of alkyl halides is 1. The van der Waals surface area contributed by atoms with Gasteiger partial charge < -0.3 is 56.9 Å². The van der Waals surface area contributed by atoms with Crippen LogP contribution in [-0.4, -0.2) is 159 Å². The third kappa shape index (κ3) is 15.6. The van der Waals surface area contributed by atoms with Crippen LogP contribution in [-0.2, 0) is 40.0 Å². The number of quaternary nitrogens is 1. The minimum atomic E-state index is -1.49. The summed E-state index contributed by atoms with van der Waals surface area (Å²) in [4.78, 5) is 90.7. The molecule has 4 rings (SSSR count). The van der Waals surface area contributed by atoms with Crippen LogP contribution in [0.15, 0.2) is 36.4 Å². The summed E-state index contributed by atoms with van der Waals surface area (Å²) in [5, 5.41) is 45.3. The molecule has 0 spiro atoms. The quantitative estimate of drug-likeness (QED) is 0.0293. The van der Waals surface area contributed by atoms with Crippen LogP contribution in [0.4, 0.5) is 10.5 Å². The molecule has 1 unspecified atom stereocenters. The molecule has 3 aliphatic heterocycles. The number of nitrogens with two attached hydrogens (primary N) is 1. The van der Waals surface area contributed by atoms with Crippen molar-refractivity contribution in [2.24, 2.45) is 17.6 Å². The van der Waals surface area contributed by atoms with Gasteiger partial charge in [0.1, 0.15) is 48.5 Å². The van der Waals surface area contributed by atoms with E-state index in [1.807, 2.05) is 19.2 Å². The van der Waals surface area contributed by atoms with Gasteiger partial charge in [0.15, 0.2) is 6.04 Å². The van der Waals surface area contributed by atoms with Gasteiger partial charge in [-0.15, -0.1) is 23.4 Å². The van der Waals surface area contributed by atoms with Crippen LogP contribution in [0.3, 0.4) is 0 Å². The summed E-state index contributed by atoms with van der Waals surface area (Å²) in [6.45, 7) is 8.94. The number of halogens is 1. The molecule has 0 radical (unpaired) electrons. The monoisotopic (exact) mass is 979 g/mol. The molecule has 3 heterocycles. The molecule has 0 aromatic heterocycles. The smallest absolute Gasteiger partial charge is 0.312 e. The zero-order chi connectivity index (χ0) is 49.6. The van der Waals surface area contributed by atoms with Crippen LogP contribution in [0.1, 0.15) is 91.0 Å². The van der Waals surface area contributed by atoms with Crippen LogP contribution in [0, 0.1) is 11.8 Å². The molecule has 2 saturated heterocycles. The van der Waals surface area contributed by atoms with Crippen LogP contribution >= 0.6 is 23.4 Å². The largest absolute Gasteiger partial charge is 0.388 e. The van der Waals surface area contributed by atoms with E-state index in [4.69, 9.17) is 22.1 Å². The number of anilines is 1. The highest BCUT2D eigenvalue weighted by atomic mass is 35.5. The summed E-state index contributed by atoms with van der Waals surface area (Å²) in [5.41, 5.74) is 5.75. The Morgan fingerprint density at radius 3 is 2.19 bits per heavy atom. The number of likely N-dealkylation sites (tertiary alicyclic amines) is 1. The number of hydrogen-bond acceptors (Lipinski definition) is 12. The highest BCUT2D eigenvalue weighted by Gasteiger charge is 2.51. The number of hydrogen-bond donors (Lipinski definition) is 9.